The third kappa shape index (κ3) is 4.45. The van der Waals surface area contributed by atoms with Crippen LogP contribution in [0.4, 0.5) is 5.69 Å². The Hall–Kier alpha value is -3.61. The fourth-order valence-corrected chi connectivity index (χ4v) is 4.03. The van der Waals surface area contributed by atoms with Crippen LogP contribution < -0.4 is 15.4 Å². The van der Waals surface area contributed by atoms with Crippen molar-refractivity contribution in [2.24, 2.45) is 13.0 Å². The smallest absolute Gasteiger partial charge is 0.227 e. The van der Waals surface area contributed by atoms with Crippen LogP contribution >= 0.6 is 0 Å². The number of nitrogens with one attached hydrogen (secondary N) is 2. The molecule has 2 unspecified atom stereocenters. The highest BCUT2D eigenvalue weighted by Gasteiger charge is 2.28. The van der Waals surface area contributed by atoms with Gasteiger partial charge in [-0.2, -0.15) is 0 Å². The SMILES string of the molecule is COc1ccccc1C(NC(=O)CCC1Cc2ccccc2NC1=O)c1nccn1C. The molecule has 2 heterocycles. The molecule has 160 valence electrons. The van der Waals surface area contributed by atoms with Crippen LogP contribution in [0.15, 0.2) is 60.9 Å². The summed E-state index contributed by atoms with van der Waals surface area (Å²) < 4.78 is 7.38. The number of amides is 2. The van der Waals surface area contributed by atoms with Crippen molar-refractivity contribution in [3.05, 3.63) is 77.9 Å². The lowest BCUT2D eigenvalue weighted by atomic mass is 9.89. The van der Waals surface area contributed by atoms with Crippen LogP contribution in [0.2, 0.25) is 0 Å². The predicted octanol–water partition coefficient (Wildman–Crippen LogP) is 3.23. The van der Waals surface area contributed by atoms with Gasteiger partial charge in [0, 0.05) is 43.0 Å². The van der Waals surface area contributed by atoms with Gasteiger partial charge in [-0.3, -0.25) is 9.59 Å². The molecule has 7 heteroatoms. The van der Waals surface area contributed by atoms with Crippen molar-refractivity contribution in [1.29, 1.82) is 0 Å². The van der Waals surface area contributed by atoms with Gasteiger partial charge >= 0.3 is 0 Å². The number of para-hydroxylation sites is 2. The Bertz CT molecular complexity index is 1090. The van der Waals surface area contributed by atoms with E-state index in [4.69, 9.17) is 4.74 Å². The van der Waals surface area contributed by atoms with E-state index >= 15 is 0 Å². The molecule has 0 saturated carbocycles. The molecule has 2 aromatic carbocycles. The number of fused-ring (bicyclic) bond motifs is 1. The molecule has 1 aliphatic rings. The van der Waals surface area contributed by atoms with Crippen molar-refractivity contribution >= 4 is 17.5 Å². The van der Waals surface area contributed by atoms with Crippen LogP contribution in [0.25, 0.3) is 0 Å². The van der Waals surface area contributed by atoms with Gasteiger partial charge in [-0.05, 0) is 30.5 Å². The molecule has 0 spiro atoms. The summed E-state index contributed by atoms with van der Waals surface area (Å²) in [7, 11) is 3.50. The number of methoxy groups -OCH3 is 1. The van der Waals surface area contributed by atoms with Crippen molar-refractivity contribution < 1.29 is 14.3 Å². The summed E-state index contributed by atoms with van der Waals surface area (Å²) in [5.74, 6) is 1.00. The molecule has 0 radical (unpaired) electrons. The second-order valence-corrected chi connectivity index (χ2v) is 7.72. The van der Waals surface area contributed by atoms with Crippen LogP contribution in [0.5, 0.6) is 5.75 Å². The van der Waals surface area contributed by atoms with E-state index in [1.54, 1.807) is 13.3 Å². The lowest BCUT2D eigenvalue weighted by Crippen LogP contribution is -2.34. The van der Waals surface area contributed by atoms with E-state index in [1.165, 1.54) is 0 Å². The summed E-state index contributed by atoms with van der Waals surface area (Å²) >= 11 is 0. The van der Waals surface area contributed by atoms with Gasteiger partial charge in [0.25, 0.3) is 0 Å². The third-order valence-electron chi connectivity index (χ3n) is 5.70. The Morgan fingerprint density at radius 2 is 2.03 bits per heavy atom. The molecule has 0 fully saturated rings. The predicted molar refractivity (Wildman–Crippen MR) is 118 cm³/mol. The van der Waals surface area contributed by atoms with Gasteiger partial charge in [0.2, 0.25) is 11.8 Å². The monoisotopic (exact) mass is 418 g/mol. The van der Waals surface area contributed by atoms with Gasteiger partial charge in [0.15, 0.2) is 0 Å². The number of benzene rings is 2. The lowest BCUT2D eigenvalue weighted by Gasteiger charge is -2.25. The maximum atomic E-state index is 12.9. The molecule has 31 heavy (non-hydrogen) atoms. The largest absolute Gasteiger partial charge is 0.496 e. The average molecular weight is 418 g/mol. The Labute approximate surface area is 181 Å². The molecular weight excluding hydrogens is 392 g/mol. The molecular formula is C24H26N4O3. The number of rotatable bonds is 7. The zero-order chi connectivity index (χ0) is 21.8. The summed E-state index contributed by atoms with van der Waals surface area (Å²) in [5, 5.41) is 6.04. The minimum atomic E-state index is -0.454. The molecule has 1 aromatic heterocycles. The van der Waals surface area contributed by atoms with Crippen LogP contribution in [0.3, 0.4) is 0 Å². The molecule has 2 atom stereocenters. The first-order chi connectivity index (χ1) is 15.1. The maximum absolute atomic E-state index is 12.9. The highest BCUT2D eigenvalue weighted by atomic mass is 16.5. The van der Waals surface area contributed by atoms with Gasteiger partial charge in [-0.15, -0.1) is 0 Å². The topological polar surface area (TPSA) is 85.2 Å². The molecule has 1 aliphatic heterocycles. The van der Waals surface area contributed by atoms with Gasteiger partial charge in [0.1, 0.15) is 17.6 Å². The quantitative estimate of drug-likeness (QED) is 0.617. The molecule has 7 nitrogen and oxygen atoms in total. The first-order valence-electron chi connectivity index (χ1n) is 10.3. The Balaban J connectivity index is 1.47. The van der Waals surface area contributed by atoms with Crippen molar-refractivity contribution in [2.45, 2.75) is 25.3 Å². The Kier molecular flexibility index (Phi) is 6.02. The van der Waals surface area contributed by atoms with Gasteiger partial charge < -0.3 is 19.9 Å². The fraction of sp³-hybridized carbons (Fsp3) is 0.292. The van der Waals surface area contributed by atoms with Crippen molar-refractivity contribution in [3.8, 4) is 5.75 Å². The summed E-state index contributed by atoms with van der Waals surface area (Å²) in [5.41, 5.74) is 2.80. The number of imidazole rings is 1. The molecule has 0 saturated heterocycles. The molecule has 0 bridgehead atoms. The van der Waals surface area contributed by atoms with Crippen LogP contribution in [0, 0.1) is 5.92 Å². The van der Waals surface area contributed by atoms with Gasteiger partial charge in [-0.1, -0.05) is 36.4 Å². The number of ether oxygens (including phenoxy) is 1. The average Bonchev–Trinajstić information content (AvgIpc) is 3.21. The van der Waals surface area contributed by atoms with E-state index in [0.717, 1.165) is 16.8 Å². The minimum absolute atomic E-state index is 0.0307. The number of aromatic nitrogens is 2. The number of anilines is 1. The number of hydrogen-bond donors (Lipinski definition) is 2. The van der Waals surface area contributed by atoms with E-state index < -0.39 is 6.04 Å². The first-order valence-corrected chi connectivity index (χ1v) is 10.3. The third-order valence-corrected chi connectivity index (χ3v) is 5.70. The van der Waals surface area contributed by atoms with E-state index in [1.807, 2.05) is 66.3 Å². The molecule has 4 rings (SSSR count). The standard InChI is InChI=1S/C24H26N4O3/c1-28-14-13-25-23(28)22(18-8-4-6-10-20(18)31-2)27-21(29)12-11-17-15-16-7-3-5-9-19(16)26-24(17)30/h3-10,13-14,17,22H,11-12,15H2,1-2H3,(H,26,30)(H,27,29). The van der Waals surface area contributed by atoms with Crippen molar-refractivity contribution in [2.75, 3.05) is 12.4 Å². The second kappa shape index (κ2) is 9.04. The van der Waals surface area contributed by atoms with Gasteiger partial charge in [-0.25, -0.2) is 4.98 Å². The lowest BCUT2D eigenvalue weighted by molar-refractivity contribution is -0.123. The van der Waals surface area contributed by atoms with Crippen LogP contribution in [-0.4, -0.2) is 28.5 Å². The highest BCUT2D eigenvalue weighted by Crippen LogP contribution is 2.30. The number of aryl methyl sites for hydroxylation is 1. The summed E-state index contributed by atoms with van der Waals surface area (Å²) in [6, 6.07) is 14.9. The normalized spacial score (nSPS) is 16.2. The summed E-state index contributed by atoms with van der Waals surface area (Å²) in [4.78, 5) is 29.8. The zero-order valence-electron chi connectivity index (χ0n) is 17.7. The van der Waals surface area contributed by atoms with Gasteiger partial charge in [0.05, 0.1) is 7.11 Å². The molecule has 3 aromatic rings. The highest BCUT2D eigenvalue weighted by molar-refractivity contribution is 5.96. The second-order valence-electron chi connectivity index (χ2n) is 7.72. The molecule has 2 amide bonds. The van der Waals surface area contributed by atoms with E-state index in [2.05, 4.69) is 15.6 Å². The first kappa shape index (κ1) is 20.7. The maximum Gasteiger partial charge on any atom is 0.227 e. The Morgan fingerprint density at radius 1 is 1.26 bits per heavy atom. The molecule has 0 aliphatic carbocycles. The zero-order valence-corrected chi connectivity index (χ0v) is 17.7. The number of nitrogens with zero attached hydrogens (tertiary/aromatic N) is 2. The Morgan fingerprint density at radius 3 is 2.81 bits per heavy atom. The number of carbonyl (C=O) groups is 2. The van der Waals surface area contributed by atoms with Crippen LogP contribution in [-0.2, 0) is 23.1 Å². The minimum Gasteiger partial charge on any atom is -0.496 e. The number of hydrogen-bond acceptors (Lipinski definition) is 4. The van der Waals surface area contributed by atoms with Crippen molar-refractivity contribution in [3.63, 3.8) is 0 Å². The van der Waals surface area contributed by atoms with Crippen LogP contribution in [0.1, 0.15) is 35.8 Å². The summed E-state index contributed by atoms with van der Waals surface area (Å²) in [6.45, 7) is 0. The fourth-order valence-electron chi connectivity index (χ4n) is 4.03. The van der Waals surface area contributed by atoms with E-state index in [9.17, 15) is 9.59 Å². The number of carbonyl (C=O) groups excluding carboxylic acids is 2. The molecule has 2 N–H and O–H groups in total. The summed E-state index contributed by atoms with van der Waals surface area (Å²) in [6.07, 6.45) is 4.91. The van der Waals surface area contributed by atoms with E-state index in [0.29, 0.717) is 24.4 Å². The van der Waals surface area contributed by atoms with Crippen molar-refractivity contribution in [1.82, 2.24) is 14.9 Å². The van der Waals surface area contributed by atoms with E-state index in [-0.39, 0.29) is 24.2 Å².